The zero-order valence-electron chi connectivity index (χ0n) is 13.0. The predicted octanol–water partition coefficient (Wildman–Crippen LogP) is 5.21. The number of hydrogen-bond donors (Lipinski definition) is 1. The van der Waals surface area contributed by atoms with Crippen LogP contribution in [0, 0.1) is 0 Å². The summed E-state index contributed by atoms with van der Waals surface area (Å²) in [5.41, 5.74) is 1.57. The van der Waals surface area contributed by atoms with Gasteiger partial charge in [-0.2, -0.15) is 0 Å². The molecule has 0 aromatic heterocycles. The molecule has 1 aromatic rings. The van der Waals surface area contributed by atoms with Crippen molar-refractivity contribution in [1.82, 2.24) is 5.32 Å². The molecule has 0 saturated heterocycles. The number of hydrogen-bond acceptors (Lipinski definition) is 2. The highest BCUT2D eigenvalue weighted by Crippen LogP contribution is 2.41. The molecule has 0 amide bonds. The molecule has 1 N–H and O–H groups in total. The molecule has 0 saturated carbocycles. The smallest absolute Gasteiger partial charge is 0.0141 e. The normalized spacial score (nSPS) is 19.0. The van der Waals surface area contributed by atoms with E-state index >= 15 is 0 Å². The number of fused-ring (bicyclic) bond motifs is 1. The molecule has 1 aromatic carbocycles. The molecule has 0 bridgehead atoms. The van der Waals surface area contributed by atoms with E-state index in [9.17, 15) is 0 Å². The van der Waals surface area contributed by atoms with Gasteiger partial charge in [-0.25, -0.2) is 0 Å². The summed E-state index contributed by atoms with van der Waals surface area (Å²) in [6.45, 7) is 2.28. The fraction of sp³-hybridized carbons (Fsp3) is 0.667. The van der Waals surface area contributed by atoms with Crippen LogP contribution in [0.3, 0.4) is 0 Å². The summed E-state index contributed by atoms with van der Waals surface area (Å²) in [6, 6.07) is 9.60. The summed E-state index contributed by atoms with van der Waals surface area (Å²) >= 11 is 2.03. The second-order valence-corrected chi connectivity index (χ2v) is 6.97. The molecule has 0 spiro atoms. The quantitative estimate of drug-likeness (QED) is 0.626. The molecule has 2 heteroatoms. The first-order valence-corrected chi connectivity index (χ1v) is 9.24. The largest absolute Gasteiger partial charge is 0.316 e. The molecule has 1 heterocycles. The highest BCUT2D eigenvalue weighted by Gasteiger charge is 2.28. The van der Waals surface area contributed by atoms with Crippen molar-refractivity contribution in [2.75, 3.05) is 12.8 Å². The maximum absolute atomic E-state index is 3.57. The van der Waals surface area contributed by atoms with E-state index < -0.39 is 0 Å². The van der Waals surface area contributed by atoms with Crippen LogP contribution in [0.25, 0.3) is 0 Å². The second-order valence-electron chi connectivity index (χ2n) is 5.91. The van der Waals surface area contributed by atoms with E-state index in [0.29, 0.717) is 12.0 Å². The molecule has 2 unspecified atom stereocenters. The van der Waals surface area contributed by atoms with Crippen LogP contribution in [0.4, 0.5) is 0 Å². The van der Waals surface area contributed by atoms with Gasteiger partial charge in [-0.1, -0.05) is 63.6 Å². The molecule has 20 heavy (non-hydrogen) atoms. The van der Waals surface area contributed by atoms with Gasteiger partial charge in [-0.15, -0.1) is 11.8 Å². The summed E-state index contributed by atoms with van der Waals surface area (Å²) in [5.74, 6) is 1.96. The number of likely N-dealkylation sites (N-methyl/N-ethyl adjacent to an activating group) is 1. The molecular formula is C18H29NS. The van der Waals surface area contributed by atoms with Crippen LogP contribution < -0.4 is 5.32 Å². The third-order valence-corrected chi connectivity index (χ3v) is 5.67. The van der Waals surface area contributed by atoms with Gasteiger partial charge in [0.25, 0.3) is 0 Å². The molecule has 0 aliphatic carbocycles. The van der Waals surface area contributed by atoms with E-state index in [-0.39, 0.29) is 0 Å². The maximum atomic E-state index is 3.57. The molecule has 1 aliphatic heterocycles. The number of nitrogens with one attached hydrogen (secondary N) is 1. The van der Waals surface area contributed by atoms with E-state index in [0.717, 1.165) is 0 Å². The zero-order chi connectivity index (χ0) is 14.2. The fourth-order valence-corrected chi connectivity index (χ4v) is 4.54. The third-order valence-electron chi connectivity index (χ3n) is 4.46. The molecule has 0 fully saturated rings. The van der Waals surface area contributed by atoms with Crippen LogP contribution in [0.5, 0.6) is 0 Å². The summed E-state index contributed by atoms with van der Waals surface area (Å²) < 4.78 is 0. The SMILES string of the molecule is CCCCCCCCC(NC)C1CSc2ccccc21. The van der Waals surface area contributed by atoms with Crippen LogP contribution in [0.15, 0.2) is 29.2 Å². The standard InChI is InChI=1S/C18H29NS/c1-3-4-5-6-7-8-12-17(19-2)16-14-20-18-13-10-9-11-15(16)18/h9-11,13,16-17,19H,3-8,12,14H2,1-2H3. The van der Waals surface area contributed by atoms with Gasteiger partial charge in [0.1, 0.15) is 0 Å². The minimum Gasteiger partial charge on any atom is -0.316 e. The van der Waals surface area contributed by atoms with Crippen molar-refractivity contribution in [3.63, 3.8) is 0 Å². The van der Waals surface area contributed by atoms with E-state index in [1.807, 2.05) is 11.8 Å². The summed E-state index contributed by atoms with van der Waals surface area (Å²) in [6.07, 6.45) is 9.68. The van der Waals surface area contributed by atoms with Crippen molar-refractivity contribution >= 4 is 11.8 Å². The lowest BCUT2D eigenvalue weighted by molar-refractivity contribution is 0.435. The van der Waals surface area contributed by atoms with Crippen LogP contribution in [-0.2, 0) is 0 Å². The highest BCUT2D eigenvalue weighted by molar-refractivity contribution is 7.99. The van der Waals surface area contributed by atoms with E-state index in [1.165, 1.54) is 55.6 Å². The Balaban J connectivity index is 1.78. The summed E-state index contributed by atoms with van der Waals surface area (Å²) in [4.78, 5) is 1.50. The molecule has 2 rings (SSSR count). The van der Waals surface area contributed by atoms with Gasteiger partial charge in [-0.3, -0.25) is 0 Å². The van der Waals surface area contributed by atoms with Crippen LogP contribution in [0.2, 0.25) is 0 Å². The van der Waals surface area contributed by atoms with Crippen LogP contribution in [-0.4, -0.2) is 18.8 Å². The second kappa shape index (κ2) is 8.74. The topological polar surface area (TPSA) is 12.0 Å². The number of thioether (sulfide) groups is 1. The van der Waals surface area contributed by atoms with Gasteiger partial charge >= 0.3 is 0 Å². The van der Waals surface area contributed by atoms with Gasteiger partial charge in [0, 0.05) is 22.6 Å². The van der Waals surface area contributed by atoms with E-state index in [1.54, 1.807) is 5.56 Å². The van der Waals surface area contributed by atoms with Crippen molar-refractivity contribution in [1.29, 1.82) is 0 Å². The van der Waals surface area contributed by atoms with Crippen LogP contribution >= 0.6 is 11.8 Å². The van der Waals surface area contributed by atoms with E-state index in [2.05, 4.69) is 43.6 Å². The Morgan fingerprint density at radius 3 is 2.70 bits per heavy atom. The van der Waals surface area contributed by atoms with Crippen molar-refractivity contribution in [2.24, 2.45) is 0 Å². The Morgan fingerprint density at radius 2 is 1.90 bits per heavy atom. The Hall–Kier alpha value is -0.470. The lowest BCUT2D eigenvalue weighted by atomic mass is 9.90. The van der Waals surface area contributed by atoms with Crippen molar-refractivity contribution < 1.29 is 0 Å². The average molecular weight is 292 g/mol. The predicted molar refractivity (Wildman–Crippen MR) is 90.7 cm³/mol. The Kier molecular flexibility index (Phi) is 6.95. The first kappa shape index (κ1) is 15.9. The Bertz CT molecular complexity index is 391. The van der Waals surface area contributed by atoms with Gasteiger partial charge in [0.15, 0.2) is 0 Å². The first-order chi connectivity index (χ1) is 9.86. The van der Waals surface area contributed by atoms with Gasteiger partial charge < -0.3 is 5.32 Å². The molecule has 112 valence electrons. The molecule has 0 radical (unpaired) electrons. The minimum atomic E-state index is 0.650. The van der Waals surface area contributed by atoms with Crippen molar-refractivity contribution in [2.45, 2.75) is 68.7 Å². The monoisotopic (exact) mass is 291 g/mol. The molecule has 1 aliphatic rings. The Labute approximate surface area is 128 Å². The number of rotatable bonds is 9. The number of benzene rings is 1. The maximum Gasteiger partial charge on any atom is 0.0141 e. The minimum absolute atomic E-state index is 0.650. The van der Waals surface area contributed by atoms with Gasteiger partial charge in [0.05, 0.1) is 0 Å². The van der Waals surface area contributed by atoms with Crippen molar-refractivity contribution in [3.8, 4) is 0 Å². The lowest BCUT2D eigenvalue weighted by Gasteiger charge is -2.23. The molecule has 2 atom stereocenters. The summed E-state index contributed by atoms with van der Waals surface area (Å²) in [5, 5.41) is 3.57. The third kappa shape index (κ3) is 4.26. The average Bonchev–Trinajstić information content (AvgIpc) is 2.91. The van der Waals surface area contributed by atoms with Gasteiger partial charge in [0.2, 0.25) is 0 Å². The lowest BCUT2D eigenvalue weighted by Crippen LogP contribution is -2.32. The molecular weight excluding hydrogens is 262 g/mol. The first-order valence-electron chi connectivity index (χ1n) is 8.25. The van der Waals surface area contributed by atoms with Gasteiger partial charge in [-0.05, 0) is 25.1 Å². The van der Waals surface area contributed by atoms with Crippen molar-refractivity contribution in [3.05, 3.63) is 29.8 Å². The zero-order valence-corrected chi connectivity index (χ0v) is 13.8. The van der Waals surface area contributed by atoms with E-state index in [4.69, 9.17) is 0 Å². The summed E-state index contributed by atoms with van der Waals surface area (Å²) in [7, 11) is 2.13. The number of unbranched alkanes of at least 4 members (excludes halogenated alkanes) is 5. The highest BCUT2D eigenvalue weighted by atomic mass is 32.2. The fourth-order valence-electron chi connectivity index (χ4n) is 3.21. The Morgan fingerprint density at radius 1 is 1.15 bits per heavy atom. The van der Waals surface area contributed by atoms with Crippen LogP contribution in [0.1, 0.15) is 63.4 Å². The molecule has 1 nitrogen and oxygen atoms in total.